The van der Waals surface area contributed by atoms with E-state index in [-0.39, 0.29) is 0 Å². The van der Waals surface area contributed by atoms with Crippen molar-refractivity contribution < 1.29 is 8.78 Å². The molecule has 0 radical (unpaired) electrons. The maximum atomic E-state index is 13.4. The minimum absolute atomic E-state index is 0.325. The second kappa shape index (κ2) is 5.54. The first-order valence-electron chi connectivity index (χ1n) is 8.36. The van der Waals surface area contributed by atoms with Crippen molar-refractivity contribution in [1.82, 2.24) is 0 Å². The van der Waals surface area contributed by atoms with Crippen molar-refractivity contribution in [3.05, 3.63) is 58.5 Å². The number of benzene rings is 1. The smallest absolute Gasteiger partial charge is 0.126 e. The second-order valence-corrected chi connectivity index (χ2v) is 7.11. The molecule has 3 aliphatic rings. The fraction of sp³-hybridized carbons (Fsp3) is 0.500. The second-order valence-electron chi connectivity index (χ2n) is 7.11. The zero-order chi connectivity index (χ0) is 15.1. The highest BCUT2D eigenvalue weighted by atomic mass is 19.1. The molecule has 0 nitrogen and oxygen atoms in total. The molecule has 2 saturated carbocycles. The van der Waals surface area contributed by atoms with Crippen LogP contribution in [-0.4, -0.2) is 0 Å². The number of hydrogen-bond acceptors (Lipinski definition) is 0. The highest BCUT2D eigenvalue weighted by molar-refractivity contribution is 5.29. The predicted octanol–water partition coefficient (Wildman–Crippen LogP) is 5.52. The van der Waals surface area contributed by atoms with Crippen molar-refractivity contribution in [2.24, 2.45) is 17.8 Å². The molecule has 2 heteroatoms. The third kappa shape index (κ3) is 2.58. The Morgan fingerprint density at radius 2 is 1.41 bits per heavy atom. The van der Waals surface area contributed by atoms with Gasteiger partial charge < -0.3 is 0 Å². The van der Waals surface area contributed by atoms with Gasteiger partial charge in [-0.05, 0) is 79.9 Å². The van der Waals surface area contributed by atoms with Gasteiger partial charge in [-0.1, -0.05) is 11.5 Å². The Kier molecular flexibility index (Phi) is 3.53. The van der Waals surface area contributed by atoms with E-state index in [1.165, 1.54) is 43.4 Å². The van der Waals surface area contributed by atoms with Crippen LogP contribution in [0.4, 0.5) is 8.78 Å². The fourth-order valence-electron chi connectivity index (χ4n) is 4.66. The highest BCUT2D eigenvalue weighted by Crippen LogP contribution is 2.49. The average Bonchev–Trinajstić information content (AvgIpc) is 2.44. The lowest BCUT2D eigenvalue weighted by Gasteiger charge is -2.42. The van der Waals surface area contributed by atoms with Crippen LogP contribution in [0.3, 0.4) is 0 Å². The first-order valence-corrected chi connectivity index (χ1v) is 8.36. The Morgan fingerprint density at radius 3 is 2.00 bits per heavy atom. The third-order valence-electron chi connectivity index (χ3n) is 5.85. The van der Waals surface area contributed by atoms with E-state index in [1.54, 1.807) is 0 Å². The van der Waals surface area contributed by atoms with E-state index in [0.29, 0.717) is 11.8 Å². The summed E-state index contributed by atoms with van der Waals surface area (Å²) in [6, 6.07) is 4.01. The van der Waals surface area contributed by atoms with Gasteiger partial charge in [0.15, 0.2) is 0 Å². The summed E-state index contributed by atoms with van der Waals surface area (Å²) in [6.45, 7) is 0. The van der Waals surface area contributed by atoms with Gasteiger partial charge in [-0.3, -0.25) is 0 Å². The summed E-state index contributed by atoms with van der Waals surface area (Å²) in [4.78, 5) is 0. The summed E-state index contributed by atoms with van der Waals surface area (Å²) >= 11 is 0. The van der Waals surface area contributed by atoms with Gasteiger partial charge in [0.25, 0.3) is 0 Å². The molecule has 114 valence electrons. The molecule has 0 aromatic heterocycles. The number of rotatable bonds is 2. The Hall–Kier alpha value is -1.62. The van der Waals surface area contributed by atoms with Crippen molar-refractivity contribution in [1.29, 1.82) is 0 Å². The summed E-state index contributed by atoms with van der Waals surface area (Å²) in [6.07, 6.45) is 9.13. The van der Waals surface area contributed by atoms with E-state index in [4.69, 9.17) is 0 Å². The molecule has 0 heterocycles. The molecule has 4 rings (SSSR count). The lowest BCUT2D eigenvalue weighted by molar-refractivity contribution is 0.131. The summed E-state index contributed by atoms with van der Waals surface area (Å²) in [5, 5.41) is 0. The van der Waals surface area contributed by atoms with E-state index in [9.17, 15) is 8.78 Å². The molecule has 3 aliphatic carbocycles. The molecular weight excluding hydrogens is 278 g/mol. The average molecular weight is 298 g/mol. The van der Waals surface area contributed by atoms with Crippen LogP contribution in [0.15, 0.2) is 41.3 Å². The molecule has 0 bridgehead atoms. The van der Waals surface area contributed by atoms with Crippen molar-refractivity contribution in [2.45, 2.75) is 44.4 Å². The van der Waals surface area contributed by atoms with Gasteiger partial charge >= 0.3 is 0 Å². The number of hydrogen-bond donors (Lipinski definition) is 0. The maximum Gasteiger partial charge on any atom is 0.126 e. The standard InChI is InChI=1S/C20H20F2/c21-19-10-18(11-20(22)12-19)17-7-6-15-8-14(13-2-1-3-13)4-5-16(15)9-17/h2,10-12,14-17H,4-9H2. The van der Waals surface area contributed by atoms with E-state index in [1.807, 2.05) is 0 Å². The van der Waals surface area contributed by atoms with E-state index in [0.717, 1.165) is 36.3 Å². The normalized spacial score (nSPS) is 33.1. The number of fused-ring (bicyclic) bond motifs is 1. The van der Waals surface area contributed by atoms with Gasteiger partial charge in [0, 0.05) is 17.7 Å². The van der Waals surface area contributed by atoms with Crippen LogP contribution in [0.2, 0.25) is 0 Å². The summed E-state index contributed by atoms with van der Waals surface area (Å²) < 4.78 is 26.9. The highest BCUT2D eigenvalue weighted by Gasteiger charge is 2.37. The minimum atomic E-state index is -0.448. The first-order chi connectivity index (χ1) is 10.7. The van der Waals surface area contributed by atoms with Crippen molar-refractivity contribution in [3.63, 3.8) is 0 Å². The van der Waals surface area contributed by atoms with Gasteiger partial charge in [-0.25, -0.2) is 8.78 Å². The molecule has 0 amide bonds. The van der Waals surface area contributed by atoms with Crippen LogP contribution in [0.5, 0.6) is 0 Å². The Morgan fingerprint density at radius 1 is 0.818 bits per heavy atom. The number of allylic oxidation sites excluding steroid dienone is 2. The molecule has 0 saturated heterocycles. The molecule has 22 heavy (non-hydrogen) atoms. The zero-order valence-corrected chi connectivity index (χ0v) is 12.6. The lowest BCUT2D eigenvalue weighted by atomic mass is 9.62. The van der Waals surface area contributed by atoms with Crippen molar-refractivity contribution >= 4 is 0 Å². The van der Waals surface area contributed by atoms with Crippen molar-refractivity contribution in [3.8, 4) is 0 Å². The molecule has 0 spiro atoms. The topological polar surface area (TPSA) is 0 Å². The molecule has 0 N–H and O–H groups in total. The monoisotopic (exact) mass is 298 g/mol. The SMILES string of the molecule is Fc1cc(F)cc(C2CCC3CC(C4=C=C=C4)CCC3C2)c1. The van der Waals surface area contributed by atoms with Gasteiger partial charge in [-0.15, -0.1) is 0 Å². The van der Waals surface area contributed by atoms with E-state index in [2.05, 4.69) is 17.5 Å². The third-order valence-corrected chi connectivity index (χ3v) is 5.85. The van der Waals surface area contributed by atoms with Gasteiger partial charge in [0.1, 0.15) is 11.6 Å². The zero-order valence-electron chi connectivity index (χ0n) is 12.6. The quantitative estimate of drug-likeness (QED) is 0.631. The Labute approximate surface area is 130 Å². The fourth-order valence-corrected chi connectivity index (χ4v) is 4.66. The summed E-state index contributed by atoms with van der Waals surface area (Å²) in [5.41, 5.74) is 8.38. The van der Waals surface area contributed by atoms with Crippen LogP contribution in [0.1, 0.15) is 50.0 Å². The van der Waals surface area contributed by atoms with Crippen molar-refractivity contribution in [2.75, 3.05) is 0 Å². The van der Waals surface area contributed by atoms with Crippen LogP contribution < -0.4 is 0 Å². The summed E-state index contributed by atoms with van der Waals surface area (Å²) in [5.74, 6) is 1.59. The van der Waals surface area contributed by atoms with Crippen LogP contribution >= 0.6 is 0 Å². The number of halogens is 2. The van der Waals surface area contributed by atoms with Gasteiger partial charge in [0.2, 0.25) is 0 Å². The van der Waals surface area contributed by atoms with Crippen LogP contribution in [0, 0.1) is 29.4 Å². The van der Waals surface area contributed by atoms with Gasteiger partial charge in [0.05, 0.1) is 0 Å². The molecule has 1 aromatic carbocycles. The lowest BCUT2D eigenvalue weighted by Crippen LogP contribution is -2.31. The van der Waals surface area contributed by atoms with Crippen LogP contribution in [-0.2, 0) is 0 Å². The molecule has 2 fully saturated rings. The van der Waals surface area contributed by atoms with E-state index < -0.39 is 11.6 Å². The molecular formula is C20H20F2. The molecule has 1 aromatic rings. The minimum Gasteiger partial charge on any atom is -0.207 e. The predicted molar refractivity (Wildman–Crippen MR) is 82.4 cm³/mol. The summed E-state index contributed by atoms with van der Waals surface area (Å²) in [7, 11) is 0. The molecule has 0 aliphatic heterocycles. The van der Waals surface area contributed by atoms with Gasteiger partial charge in [-0.2, -0.15) is 0 Å². The van der Waals surface area contributed by atoms with E-state index >= 15 is 0 Å². The first kappa shape index (κ1) is 14.0. The Balaban J connectivity index is 1.45. The molecule has 4 unspecified atom stereocenters. The van der Waals surface area contributed by atoms with Crippen LogP contribution in [0.25, 0.3) is 0 Å². The largest absolute Gasteiger partial charge is 0.207 e. The maximum absolute atomic E-state index is 13.4. The molecule has 4 atom stereocenters. The Bertz CT molecular complexity index is 669.